The van der Waals surface area contributed by atoms with Gasteiger partial charge in [-0.3, -0.25) is 4.68 Å². The Bertz CT molecular complexity index is 690. The molecule has 19 heavy (non-hydrogen) atoms. The number of aryl methyl sites for hydroxylation is 3. The van der Waals surface area contributed by atoms with Gasteiger partial charge in [0.25, 0.3) is 0 Å². The lowest BCUT2D eigenvalue weighted by molar-refractivity contribution is 0.594. The molecule has 0 atom stereocenters. The first-order valence-electron chi connectivity index (χ1n) is 5.96. The van der Waals surface area contributed by atoms with E-state index in [1.807, 2.05) is 13.0 Å². The van der Waals surface area contributed by atoms with E-state index < -0.39 is 9.84 Å². The number of aromatic nitrogens is 2. The molecule has 0 amide bonds. The van der Waals surface area contributed by atoms with Crippen LogP contribution < -0.4 is 5.73 Å². The molecule has 5 nitrogen and oxygen atoms in total. The molecular weight excluding hydrogens is 262 g/mol. The van der Waals surface area contributed by atoms with Crippen LogP contribution in [0.5, 0.6) is 0 Å². The number of benzene rings is 1. The van der Waals surface area contributed by atoms with Crippen LogP contribution in [0.2, 0.25) is 0 Å². The van der Waals surface area contributed by atoms with Gasteiger partial charge < -0.3 is 5.73 Å². The van der Waals surface area contributed by atoms with E-state index >= 15 is 0 Å². The van der Waals surface area contributed by atoms with Crippen LogP contribution in [0.25, 0.3) is 0 Å². The fraction of sp³-hybridized carbons (Fsp3) is 0.308. The number of rotatable bonds is 4. The second kappa shape index (κ2) is 5.05. The predicted molar refractivity (Wildman–Crippen MR) is 74.6 cm³/mol. The van der Waals surface area contributed by atoms with E-state index in [0.717, 1.165) is 11.3 Å². The van der Waals surface area contributed by atoms with Crippen LogP contribution in [0, 0.1) is 6.92 Å². The molecule has 0 unspecified atom stereocenters. The minimum absolute atomic E-state index is 0.0280. The number of nitrogen functional groups attached to an aromatic ring is 1. The van der Waals surface area contributed by atoms with E-state index in [-0.39, 0.29) is 10.6 Å². The van der Waals surface area contributed by atoms with Gasteiger partial charge in [-0.15, -0.1) is 0 Å². The molecule has 0 saturated heterocycles. The maximum absolute atomic E-state index is 12.3. The monoisotopic (exact) mass is 279 g/mol. The molecule has 2 rings (SSSR count). The molecule has 0 aliphatic heterocycles. The average Bonchev–Trinajstić information content (AvgIpc) is 2.75. The maximum atomic E-state index is 12.3. The molecule has 0 radical (unpaired) electrons. The Balaban J connectivity index is 2.23. The molecule has 2 aromatic rings. The first kappa shape index (κ1) is 13.6. The highest BCUT2D eigenvalue weighted by atomic mass is 32.2. The lowest BCUT2D eigenvalue weighted by Crippen LogP contribution is -2.13. The summed E-state index contributed by atoms with van der Waals surface area (Å²) in [5, 5.41) is 4.02. The molecule has 1 aromatic carbocycles. The van der Waals surface area contributed by atoms with Crippen molar-refractivity contribution in [2.24, 2.45) is 7.05 Å². The van der Waals surface area contributed by atoms with Crippen LogP contribution in [0.15, 0.2) is 35.4 Å². The van der Waals surface area contributed by atoms with Crippen molar-refractivity contribution < 1.29 is 8.42 Å². The van der Waals surface area contributed by atoms with Crippen LogP contribution in [-0.4, -0.2) is 24.0 Å². The van der Waals surface area contributed by atoms with Gasteiger partial charge in [-0.05, 0) is 30.7 Å². The predicted octanol–water partition coefficient (Wildman–Crippen LogP) is 1.33. The lowest BCUT2D eigenvalue weighted by atomic mass is 10.2. The van der Waals surface area contributed by atoms with Gasteiger partial charge in [0.15, 0.2) is 9.84 Å². The molecular formula is C13H17N3O2S. The minimum Gasteiger partial charge on any atom is -0.398 e. The zero-order chi connectivity index (χ0) is 14.0. The molecule has 2 N–H and O–H groups in total. The Kier molecular flexibility index (Phi) is 3.61. The maximum Gasteiger partial charge on any atom is 0.180 e. The van der Waals surface area contributed by atoms with Crippen molar-refractivity contribution in [2.45, 2.75) is 18.2 Å². The number of nitrogens with zero attached hydrogens (tertiary/aromatic N) is 2. The second-order valence-electron chi connectivity index (χ2n) is 4.56. The van der Waals surface area contributed by atoms with Crippen LogP contribution in [0.3, 0.4) is 0 Å². The number of hydrogen-bond acceptors (Lipinski definition) is 4. The highest BCUT2D eigenvalue weighted by Gasteiger charge is 2.18. The summed E-state index contributed by atoms with van der Waals surface area (Å²) in [5.74, 6) is 0.0280. The topological polar surface area (TPSA) is 78.0 Å². The normalized spacial score (nSPS) is 11.7. The lowest BCUT2D eigenvalue weighted by Gasteiger charge is -2.08. The van der Waals surface area contributed by atoms with Crippen LogP contribution in [0.4, 0.5) is 5.69 Å². The zero-order valence-electron chi connectivity index (χ0n) is 11.0. The third-order valence-corrected chi connectivity index (χ3v) is 4.82. The summed E-state index contributed by atoms with van der Waals surface area (Å²) >= 11 is 0. The number of nitrogens with two attached hydrogens (primary N) is 1. The van der Waals surface area contributed by atoms with Crippen molar-refractivity contribution >= 4 is 15.5 Å². The van der Waals surface area contributed by atoms with E-state index in [1.165, 1.54) is 0 Å². The fourth-order valence-electron chi connectivity index (χ4n) is 1.91. The third-order valence-electron chi connectivity index (χ3n) is 3.05. The first-order valence-corrected chi connectivity index (χ1v) is 7.61. The van der Waals surface area contributed by atoms with Crippen molar-refractivity contribution in [2.75, 3.05) is 11.5 Å². The van der Waals surface area contributed by atoms with Gasteiger partial charge in [-0.2, -0.15) is 5.10 Å². The summed E-state index contributed by atoms with van der Waals surface area (Å²) in [7, 11) is -1.58. The molecule has 1 heterocycles. The van der Waals surface area contributed by atoms with Crippen LogP contribution in [-0.2, 0) is 23.3 Å². The quantitative estimate of drug-likeness (QED) is 0.856. The molecule has 0 spiro atoms. The van der Waals surface area contributed by atoms with E-state index in [0.29, 0.717) is 12.1 Å². The summed E-state index contributed by atoms with van der Waals surface area (Å²) in [6.07, 6.45) is 2.08. The van der Waals surface area contributed by atoms with Gasteiger partial charge in [-0.1, -0.05) is 6.07 Å². The highest BCUT2D eigenvalue weighted by molar-refractivity contribution is 7.91. The van der Waals surface area contributed by atoms with Crippen LogP contribution in [0.1, 0.15) is 11.3 Å². The van der Waals surface area contributed by atoms with Crippen molar-refractivity contribution in [3.8, 4) is 0 Å². The van der Waals surface area contributed by atoms with Crippen molar-refractivity contribution in [3.05, 3.63) is 41.7 Å². The molecule has 1 aromatic heterocycles. The first-order chi connectivity index (χ1) is 8.90. The molecule has 0 bridgehead atoms. The van der Waals surface area contributed by atoms with Gasteiger partial charge >= 0.3 is 0 Å². The van der Waals surface area contributed by atoms with E-state index in [9.17, 15) is 8.42 Å². The molecule has 0 aliphatic carbocycles. The highest BCUT2D eigenvalue weighted by Crippen LogP contribution is 2.21. The summed E-state index contributed by atoms with van der Waals surface area (Å²) in [6.45, 7) is 1.85. The Labute approximate surface area is 113 Å². The summed E-state index contributed by atoms with van der Waals surface area (Å²) in [6, 6.07) is 6.87. The number of sulfone groups is 1. The van der Waals surface area contributed by atoms with Crippen molar-refractivity contribution in [1.29, 1.82) is 0 Å². The Morgan fingerprint density at radius 3 is 2.68 bits per heavy atom. The second-order valence-corrected chi connectivity index (χ2v) is 6.63. The van der Waals surface area contributed by atoms with E-state index in [4.69, 9.17) is 5.73 Å². The largest absolute Gasteiger partial charge is 0.398 e. The van der Waals surface area contributed by atoms with Crippen molar-refractivity contribution in [3.63, 3.8) is 0 Å². The third kappa shape index (κ3) is 2.96. The van der Waals surface area contributed by atoms with Gasteiger partial charge in [-0.25, -0.2) is 8.42 Å². The molecule has 0 aliphatic rings. The van der Waals surface area contributed by atoms with E-state index in [1.54, 1.807) is 36.1 Å². The van der Waals surface area contributed by atoms with Crippen LogP contribution >= 0.6 is 0 Å². The van der Waals surface area contributed by atoms with Gasteiger partial charge in [0.2, 0.25) is 0 Å². The SMILES string of the molecule is Cc1ccc(N)c(S(=O)(=O)CCc2ccnn2C)c1. The summed E-state index contributed by atoms with van der Waals surface area (Å²) < 4.78 is 26.3. The fourth-order valence-corrected chi connectivity index (χ4v) is 3.40. The van der Waals surface area contributed by atoms with Crippen molar-refractivity contribution in [1.82, 2.24) is 9.78 Å². The van der Waals surface area contributed by atoms with Gasteiger partial charge in [0, 0.05) is 25.4 Å². The smallest absolute Gasteiger partial charge is 0.180 e. The molecule has 0 saturated carbocycles. The Morgan fingerprint density at radius 2 is 2.05 bits per heavy atom. The Morgan fingerprint density at radius 1 is 1.32 bits per heavy atom. The zero-order valence-corrected chi connectivity index (χ0v) is 11.8. The molecule has 0 fully saturated rings. The van der Waals surface area contributed by atoms with Gasteiger partial charge in [0.1, 0.15) is 0 Å². The number of hydrogen-bond donors (Lipinski definition) is 1. The van der Waals surface area contributed by atoms with Gasteiger partial charge in [0.05, 0.1) is 16.3 Å². The molecule has 6 heteroatoms. The molecule has 102 valence electrons. The Hall–Kier alpha value is -1.82. The minimum atomic E-state index is -3.37. The standard InChI is InChI=1S/C13H17N3O2S/c1-10-3-4-12(14)13(9-10)19(17,18)8-6-11-5-7-15-16(11)2/h3-5,7,9H,6,8,14H2,1-2H3. The summed E-state index contributed by atoms with van der Waals surface area (Å²) in [4.78, 5) is 0.217. The summed E-state index contributed by atoms with van der Waals surface area (Å²) in [5.41, 5.74) is 7.83. The number of anilines is 1. The average molecular weight is 279 g/mol. The van der Waals surface area contributed by atoms with E-state index in [2.05, 4.69) is 5.10 Å².